The Morgan fingerprint density at radius 2 is 1.79 bits per heavy atom. The number of carbonyl (C=O) groups is 1. The summed E-state index contributed by atoms with van der Waals surface area (Å²) in [5.41, 5.74) is 3.24. The normalized spacial score (nSPS) is 10.4. The number of carbonyl (C=O) groups excluding carboxylic acids is 1. The molecule has 0 spiro atoms. The third kappa shape index (κ3) is 5.44. The second kappa shape index (κ2) is 9.19. The van der Waals surface area contributed by atoms with E-state index in [0.29, 0.717) is 35.5 Å². The Hall–Kier alpha value is -3.12. The number of hydrogen-bond donors (Lipinski definition) is 2. The van der Waals surface area contributed by atoms with Gasteiger partial charge in [0.2, 0.25) is 5.95 Å². The number of aromatic nitrogens is 2. The van der Waals surface area contributed by atoms with E-state index < -0.39 is 0 Å². The van der Waals surface area contributed by atoms with Gasteiger partial charge < -0.3 is 15.4 Å². The highest BCUT2D eigenvalue weighted by Crippen LogP contribution is 2.18. The lowest BCUT2D eigenvalue weighted by atomic mass is 10.2. The zero-order chi connectivity index (χ0) is 19.9. The van der Waals surface area contributed by atoms with Crippen LogP contribution in [0.15, 0.2) is 54.6 Å². The maximum absolute atomic E-state index is 11.7. The Labute approximate surface area is 168 Å². The summed E-state index contributed by atoms with van der Waals surface area (Å²) in [6, 6.07) is 16.5. The van der Waals surface area contributed by atoms with E-state index in [1.165, 1.54) is 0 Å². The Morgan fingerprint density at radius 1 is 1.07 bits per heavy atom. The molecule has 3 rings (SSSR count). The molecule has 0 saturated heterocycles. The minimum Gasteiger partial charge on any atom is -0.462 e. The highest BCUT2D eigenvalue weighted by atomic mass is 35.5. The molecule has 144 valence electrons. The molecule has 28 heavy (non-hydrogen) atoms. The number of anilines is 3. The molecule has 0 bridgehead atoms. The number of halogens is 1. The van der Waals surface area contributed by atoms with Crippen molar-refractivity contribution in [3.63, 3.8) is 0 Å². The summed E-state index contributed by atoms with van der Waals surface area (Å²) in [5, 5.41) is 7.15. The first-order valence-electron chi connectivity index (χ1n) is 8.91. The molecule has 2 aromatic carbocycles. The molecule has 1 heterocycles. The molecule has 0 fully saturated rings. The second-order valence-electron chi connectivity index (χ2n) is 6.12. The number of nitrogens with one attached hydrogen (secondary N) is 2. The fourth-order valence-electron chi connectivity index (χ4n) is 2.55. The zero-order valence-electron chi connectivity index (χ0n) is 15.7. The smallest absolute Gasteiger partial charge is 0.338 e. The largest absolute Gasteiger partial charge is 0.462 e. The van der Waals surface area contributed by atoms with Gasteiger partial charge >= 0.3 is 5.97 Å². The van der Waals surface area contributed by atoms with Crippen molar-refractivity contribution < 1.29 is 9.53 Å². The van der Waals surface area contributed by atoms with Crippen LogP contribution in [0.2, 0.25) is 5.02 Å². The van der Waals surface area contributed by atoms with Crippen LogP contribution in [0.1, 0.15) is 28.5 Å². The molecule has 3 aromatic rings. The number of rotatable bonds is 7. The lowest BCUT2D eigenvalue weighted by molar-refractivity contribution is 0.0526. The van der Waals surface area contributed by atoms with Crippen LogP contribution in [0.5, 0.6) is 0 Å². The summed E-state index contributed by atoms with van der Waals surface area (Å²) in [4.78, 5) is 20.6. The molecule has 0 atom stereocenters. The molecule has 7 heteroatoms. The molecule has 0 radical (unpaired) electrons. The van der Waals surface area contributed by atoms with Crippen LogP contribution in [0.25, 0.3) is 0 Å². The summed E-state index contributed by atoms with van der Waals surface area (Å²) >= 11 is 5.91. The maximum Gasteiger partial charge on any atom is 0.338 e. The average molecular weight is 397 g/mol. The molecular weight excluding hydrogens is 376 g/mol. The van der Waals surface area contributed by atoms with Crippen molar-refractivity contribution in [1.82, 2.24) is 9.97 Å². The van der Waals surface area contributed by atoms with E-state index in [4.69, 9.17) is 16.3 Å². The van der Waals surface area contributed by atoms with Gasteiger partial charge in [-0.1, -0.05) is 23.7 Å². The first kappa shape index (κ1) is 19.6. The number of nitrogens with zero attached hydrogens (tertiary/aromatic N) is 2. The first-order chi connectivity index (χ1) is 13.5. The number of ether oxygens (including phenoxy) is 1. The quantitative estimate of drug-likeness (QED) is 0.549. The van der Waals surface area contributed by atoms with Crippen molar-refractivity contribution in [3.05, 3.63) is 76.4 Å². The van der Waals surface area contributed by atoms with Gasteiger partial charge in [0.05, 0.1) is 12.2 Å². The van der Waals surface area contributed by atoms with Gasteiger partial charge in [0.1, 0.15) is 5.82 Å². The van der Waals surface area contributed by atoms with Crippen molar-refractivity contribution in [1.29, 1.82) is 0 Å². The second-order valence-corrected chi connectivity index (χ2v) is 6.56. The fraction of sp³-hybridized carbons (Fsp3) is 0.190. The number of aryl methyl sites for hydroxylation is 1. The number of hydrogen-bond acceptors (Lipinski definition) is 6. The van der Waals surface area contributed by atoms with Crippen LogP contribution < -0.4 is 10.6 Å². The number of esters is 1. The average Bonchev–Trinajstić information content (AvgIpc) is 2.68. The van der Waals surface area contributed by atoms with Crippen LogP contribution in [-0.2, 0) is 11.3 Å². The summed E-state index contributed by atoms with van der Waals surface area (Å²) in [6.45, 7) is 4.63. The predicted molar refractivity (Wildman–Crippen MR) is 111 cm³/mol. The van der Waals surface area contributed by atoms with Crippen molar-refractivity contribution in [2.24, 2.45) is 0 Å². The van der Waals surface area contributed by atoms with Gasteiger partial charge in [0.25, 0.3) is 0 Å². The van der Waals surface area contributed by atoms with E-state index in [2.05, 4.69) is 20.6 Å². The van der Waals surface area contributed by atoms with Gasteiger partial charge in [-0.15, -0.1) is 0 Å². The van der Waals surface area contributed by atoms with Gasteiger partial charge in [-0.3, -0.25) is 0 Å². The van der Waals surface area contributed by atoms with Gasteiger partial charge in [-0.05, 0) is 55.8 Å². The minimum atomic E-state index is -0.333. The van der Waals surface area contributed by atoms with Crippen molar-refractivity contribution in [3.8, 4) is 0 Å². The number of benzene rings is 2. The lowest BCUT2D eigenvalue weighted by Gasteiger charge is -2.10. The van der Waals surface area contributed by atoms with Crippen molar-refractivity contribution in [2.75, 3.05) is 17.2 Å². The van der Waals surface area contributed by atoms with Gasteiger partial charge in [0.15, 0.2) is 0 Å². The summed E-state index contributed by atoms with van der Waals surface area (Å²) in [7, 11) is 0. The summed E-state index contributed by atoms with van der Waals surface area (Å²) in [6.07, 6.45) is 0. The monoisotopic (exact) mass is 396 g/mol. The zero-order valence-corrected chi connectivity index (χ0v) is 16.5. The molecule has 0 saturated carbocycles. The van der Waals surface area contributed by atoms with Gasteiger partial charge in [-0.2, -0.15) is 4.98 Å². The fourth-order valence-corrected chi connectivity index (χ4v) is 2.67. The molecule has 0 amide bonds. The molecule has 0 aliphatic heterocycles. The third-order valence-corrected chi connectivity index (χ3v) is 4.14. The summed E-state index contributed by atoms with van der Waals surface area (Å²) in [5.74, 6) is 0.858. The van der Waals surface area contributed by atoms with Gasteiger partial charge in [0, 0.05) is 29.0 Å². The van der Waals surface area contributed by atoms with Crippen LogP contribution in [-0.4, -0.2) is 22.5 Å². The van der Waals surface area contributed by atoms with Crippen LogP contribution in [0, 0.1) is 6.92 Å². The molecule has 6 nitrogen and oxygen atoms in total. The first-order valence-corrected chi connectivity index (χ1v) is 9.29. The summed E-state index contributed by atoms with van der Waals surface area (Å²) < 4.78 is 4.99. The van der Waals surface area contributed by atoms with Crippen LogP contribution >= 0.6 is 11.6 Å². The van der Waals surface area contributed by atoms with E-state index in [-0.39, 0.29) is 5.97 Å². The minimum absolute atomic E-state index is 0.333. The highest BCUT2D eigenvalue weighted by Gasteiger charge is 2.07. The molecule has 0 aliphatic carbocycles. The van der Waals surface area contributed by atoms with E-state index in [0.717, 1.165) is 16.9 Å². The van der Waals surface area contributed by atoms with Crippen LogP contribution in [0.4, 0.5) is 17.5 Å². The Kier molecular flexibility index (Phi) is 6.45. The van der Waals surface area contributed by atoms with E-state index in [9.17, 15) is 4.79 Å². The van der Waals surface area contributed by atoms with E-state index in [1.807, 2.05) is 49.4 Å². The molecule has 1 aromatic heterocycles. The molecule has 2 N–H and O–H groups in total. The SMILES string of the molecule is CCOC(=O)c1ccc(Nc2cc(C)nc(NCc3ccc(Cl)cc3)n2)cc1. The molecule has 0 aliphatic rings. The van der Waals surface area contributed by atoms with Crippen LogP contribution in [0.3, 0.4) is 0 Å². The van der Waals surface area contributed by atoms with Crippen molar-refractivity contribution in [2.45, 2.75) is 20.4 Å². The third-order valence-electron chi connectivity index (χ3n) is 3.89. The highest BCUT2D eigenvalue weighted by molar-refractivity contribution is 6.30. The maximum atomic E-state index is 11.7. The molecular formula is C21H21ClN4O2. The lowest BCUT2D eigenvalue weighted by Crippen LogP contribution is -2.07. The van der Waals surface area contributed by atoms with E-state index in [1.54, 1.807) is 19.1 Å². The predicted octanol–water partition coefficient (Wildman–Crippen LogP) is 4.97. The van der Waals surface area contributed by atoms with E-state index >= 15 is 0 Å². The Balaban J connectivity index is 1.67. The Bertz CT molecular complexity index is 944. The topological polar surface area (TPSA) is 76.1 Å². The Morgan fingerprint density at radius 3 is 2.46 bits per heavy atom. The molecule has 0 unspecified atom stereocenters. The van der Waals surface area contributed by atoms with Gasteiger partial charge in [-0.25, -0.2) is 9.78 Å². The standard InChI is InChI=1S/C21H21ClN4O2/c1-3-28-20(27)16-6-10-18(11-7-16)25-19-12-14(2)24-21(26-19)23-13-15-4-8-17(22)9-5-15/h4-12H,3,13H2,1-2H3,(H2,23,24,25,26). The van der Waals surface area contributed by atoms with Crippen molar-refractivity contribution >= 4 is 35.0 Å².